The zero-order valence-corrected chi connectivity index (χ0v) is 12.1. The second-order valence-electron chi connectivity index (χ2n) is 4.81. The van der Waals surface area contributed by atoms with Gasteiger partial charge in [0.25, 0.3) is 0 Å². The van der Waals surface area contributed by atoms with Crippen LogP contribution >= 0.6 is 23.2 Å². The van der Waals surface area contributed by atoms with Crippen LogP contribution in [0.25, 0.3) is 0 Å². The molecular formula is C14H20Cl2N2. The fraction of sp³-hybridized carbons (Fsp3) is 0.571. The maximum Gasteiger partial charge on any atom is 0.0465 e. The number of halogens is 2. The smallest absolute Gasteiger partial charge is 0.0465 e. The first kappa shape index (κ1) is 14.1. The van der Waals surface area contributed by atoms with Crippen molar-refractivity contribution in [2.75, 3.05) is 26.2 Å². The number of hydrogen-bond donors (Lipinski definition) is 1. The van der Waals surface area contributed by atoms with Crippen LogP contribution in [0.5, 0.6) is 0 Å². The lowest BCUT2D eigenvalue weighted by Crippen LogP contribution is -2.35. The second-order valence-corrected chi connectivity index (χ2v) is 5.66. The van der Waals surface area contributed by atoms with Crippen LogP contribution in [0, 0.1) is 0 Å². The maximum absolute atomic E-state index is 6.12. The third-order valence-electron chi connectivity index (χ3n) is 3.38. The van der Waals surface area contributed by atoms with E-state index in [2.05, 4.69) is 10.2 Å². The Morgan fingerprint density at radius 2 is 1.89 bits per heavy atom. The highest BCUT2D eigenvalue weighted by Gasteiger charge is 2.08. The molecule has 0 radical (unpaired) electrons. The first-order valence-electron chi connectivity index (χ1n) is 6.63. The first-order valence-corrected chi connectivity index (χ1v) is 7.38. The van der Waals surface area contributed by atoms with Crippen LogP contribution in [0.15, 0.2) is 18.2 Å². The summed E-state index contributed by atoms with van der Waals surface area (Å²) in [6.45, 7) is 5.46. The van der Waals surface area contributed by atoms with Crippen molar-refractivity contribution >= 4 is 23.2 Å². The van der Waals surface area contributed by atoms with Crippen molar-refractivity contribution in [3.63, 3.8) is 0 Å². The van der Waals surface area contributed by atoms with Gasteiger partial charge in [0.1, 0.15) is 0 Å². The van der Waals surface area contributed by atoms with Crippen LogP contribution in [0.3, 0.4) is 0 Å². The van der Waals surface area contributed by atoms with Gasteiger partial charge in [-0.15, -0.1) is 0 Å². The Kier molecular flexibility index (Phi) is 5.77. The van der Waals surface area contributed by atoms with Crippen LogP contribution in [-0.2, 0) is 6.54 Å². The molecule has 0 spiro atoms. The molecule has 0 aliphatic carbocycles. The molecule has 0 atom stereocenters. The molecule has 1 aliphatic heterocycles. The van der Waals surface area contributed by atoms with Crippen molar-refractivity contribution in [3.8, 4) is 0 Å². The van der Waals surface area contributed by atoms with Gasteiger partial charge in [0.2, 0.25) is 0 Å². The Bertz CT molecular complexity index is 376. The number of rotatable bonds is 5. The molecule has 0 amide bonds. The highest BCUT2D eigenvalue weighted by atomic mass is 35.5. The Balaban J connectivity index is 1.68. The molecule has 0 saturated carbocycles. The van der Waals surface area contributed by atoms with Crippen LogP contribution in [0.2, 0.25) is 10.0 Å². The number of nitrogens with zero attached hydrogens (tertiary/aromatic N) is 1. The van der Waals surface area contributed by atoms with Crippen LogP contribution in [0.4, 0.5) is 0 Å². The summed E-state index contributed by atoms with van der Waals surface area (Å²) in [5.74, 6) is 0. The average molecular weight is 287 g/mol. The van der Waals surface area contributed by atoms with Gasteiger partial charge in [0, 0.05) is 29.7 Å². The molecule has 1 fully saturated rings. The van der Waals surface area contributed by atoms with E-state index < -0.39 is 0 Å². The van der Waals surface area contributed by atoms with E-state index in [1.54, 1.807) is 6.07 Å². The fourth-order valence-corrected chi connectivity index (χ4v) is 2.78. The lowest BCUT2D eigenvalue weighted by Gasteiger charge is -2.26. The molecule has 0 bridgehead atoms. The van der Waals surface area contributed by atoms with Gasteiger partial charge < -0.3 is 10.2 Å². The summed E-state index contributed by atoms with van der Waals surface area (Å²) in [6, 6.07) is 5.67. The minimum Gasteiger partial charge on any atom is -0.311 e. The van der Waals surface area contributed by atoms with Gasteiger partial charge >= 0.3 is 0 Å². The SMILES string of the molecule is Clc1ccc(CNCCN2CCCCC2)c(Cl)c1. The Morgan fingerprint density at radius 1 is 1.11 bits per heavy atom. The lowest BCUT2D eigenvalue weighted by molar-refractivity contribution is 0.229. The molecule has 1 N–H and O–H groups in total. The summed E-state index contributed by atoms with van der Waals surface area (Å²) < 4.78 is 0. The van der Waals surface area contributed by atoms with Crippen molar-refractivity contribution in [3.05, 3.63) is 33.8 Å². The molecule has 1 heterocycles. The van der Waals surface area contributed by atoms with E-state index in [0.717, 1.165) is 30.2 Å². The van der Waals surface area contributed by atoms with Gasteiger partial charge in [-0.3, -0.25) is 0 Å². The highest BCUT2D eigenvalue weighted by Crippen LogP contribution is 2.20. The van der Waals surface area contributed by atoms with Gasteiger partial charge in [0.15, 0.2) is 0 Å². The molecule has 0 unspecified atom stereocenters. The molecule has 2 nitrogen and oxygen atoms in total. The molecule has 100 valence electrons. The van der Waals surface area contributed by atoms with Crippen LogP contribution < -0.4 is 5.32 Å². The van der Waals surface area contributed by atoms with Crippen molar-refractivity contribution < 1.29 is 0 Å². The molecule has 2 rings (SSSR count). The third kappa shape index (κ3) is 4.43. The monoisotopic (exact) mass is 286 g/mol. The number of piperidine rings is 1. The summed E-state index contributed by atoms with van der Waals surface area (Å²) in [6.07, 6.45) is 4.09. The predicted octanol–water partition coefficient (Wildman–Crippen LogP) is 3.57. The van der Waals surface area contributed by atoms with Crippen molar-refractivity contribution in [1.29, 1.82) is 0 Å². The largest absolute Gasteiger partial charge is 0.311 e. The zero-order chi connectivity index (χ0) is 12.8. The van der Waals surface area contributed by atoms with E-state index in [0.29, 0.717) is 5.02 Å². The van der Waals surface area contributed by atoms with Gasteiger partial charge in [-0.25, -0.2) is 0 Å². The van der Waals surface area contributed by atoms with Crippen molar-refractivity contribution in [2.24, 2.45) is 0 Å². The van der Waals surface area contributed by atoms with Crippen LogP contribution in [0.1, 0.15) is 24.8 Å². The third-order valence-corrected chi connectivity index (χ3v) is 3.97. The molecule has 0 aromatic heterocycles. The Morgan fingerprint density at radius 3 is 2.61 bits per heavy atom. The van der Waals surface area contributed by atoms with Gasteiger partial charge in [-0.1, -0.05) is 35.7 Å². The van der Waals surface area contributed by atoms with Crippen molar-refractivity contribution in [1.82, 2.24) is 10.2 Å². The van der Waals surface area contributed by atoms with Crippen molar-refractivity contribution in [2.45, 2.75) is 25.8 Å². The normalized spacial score (nSPS) is 17.0. The summed E-state index contributed by atoms with van der Waals surface area (Å²) in [7, 11) is 0. The minimum atomic E-state index is 0.692. The van der Waals surface area contributed by atoms with E-state index in [-0.39, 0.29) is 0 Å². The fourth-order valence-electron chi connectivity index (χ4n) is 2.31. The Labute approximate surface area is 119 Å². The van der Waals surface area contributed by atoms with Crippen LogP contribution in [-0.4, -0.2) is 31.1 Å². The predicted molar refractivity (Wildman–Crippen MR) is 78.5 cm³/mol. The molecular weight excluding hydrogens is 267 g/mol. The quantitative estimate of drug-likeness (QED) is 0.833. The average Bonchev–Trinajstić information content (AvgIpc) is 2.38. The first-order chi connectivity index (χ1) is 8.75. The molecule has 1 saturated heterocycles. The highest BCUT2D eigenvalue weighted by molar-refractivity contribution is 6.35. The number of likely N-dealkylation sites (tertiary alicyclic amines) is 1. The summed E-state index contributed by atoms with van der Waals surface area (Å²) in [5.41, 5.74) is 1.11. The number of nitrogens with one attached hydrogen (secondary N) is 1. The van der Waals surface area contributed by atoms with E-state index in [1.807, 2.05) is 12.1 Å². The van der Waals surface area contributed by atoms with E-state index in [9.17, 15) is 0 Å². The molecule has 1 aliphatic rings. The van der Waals surface area contributed by atoms with Gasteiger partial charge in [-0.2, -0.15) is 0 Å². The minimum absolute atomic E-state index is 0.692. The van der Waals surface area contributed by atoms with E-state index in [1.165, 1.54) is 32.4 Å². The second kappa shape index (κ2) is 7.34. The topological polar surface area (TPSA) is 15.3 Å². The number of benzene rings is 1. The standard InChI is InChI=1S/C14H20Cl2N2/c15-13-5-4-12(14(16)10-13)11-17-6-9-18-7-2-1-3-8-18/h4-5,10,17H,1-3,6-9,11H2. The molecule has 4 heteroatoms. The van der Waals surface area contributed by atoms with E-state index >= 15 is 0 Å². The van der Waals surface area contributed by atoms with Gasteiger partial charge in [0.05, 0.1) is 0 Å². The maximum atomic E-state index is 6.12. The summed E-state index contributed by atoms with van der Waals surface area (Å²) in [5, 5.41) is 4.88. The lowest BCUT2D eigenvalue weighted by atomic mass is 10.1. The Hall–Kier alpha value is -0.280. The summed E-state index contributed by atoms with van der Waals surface area (Å²) in [4.78, 5) is 2.53. The van der Waals surface area contributed by atoms with E-state index in [4.69, 9.17) is 23.2 Å². The zero-order valence-electron chi connectivity index (χ0n) is 10.6. The molecule has 1 aromatic rings. The molecule has 1 aromatic carbocycles. The van der Waals surface area contributed by atoms with Gasteiger partial charge in [-0.05, 0) is 43.6 Å². The molecule has 18 heavy (non-hydrogen) atoms. The summed E-state index contributed by atoms with van der Waals surface area (Å²) >= 11 is 12.0. The number of hydrogen-bond acceptors (Lipinski definition) is 2.